The van der Waals surface area contributed by atoms with Gasteiger partial charge in [0.1, 0.15) is 0 Å². The van der Waals surface area contributed by atoms with Crippen molar-refractivity contribution in [2.75, 3.05) is 12.3 Å². The SMILES string of the molecule is Cc1ccc(N)cc1S(=O)(=O)NCC(C)O. The molecule has 0 spiro atoms. The molecule has 0 radical (unpaired) electrons. The quantitative estimate of drug-likeness (QED) is 0.661. The molecule has 0 saturated carbocycles. The number of benzene rings is 1. The molecule has 1 aromatic rings. The van der Waals surface area contributed by atoms with E-state index in [0.29, 0.717) is 11.3 Å². The predicted octanol–water partition coefficient (Wildman–Crippen LogP) is 0.236. The second-order valence-electron chi connectivity index (χ2n) is 3.73. The predicted molar refractivity (Wildman–Crippen MR) is 62.5 cm³/mol. The number of aryl methyl sites for hydroxylation is 1. The van der Waals surface area contributed by atoms with Crippen molar-refractivity contribution >= 4 is 15.7 Å². The van der Waals surface area contributed by atoms with Crippen molar-refractivity contribution in [1.82, 2.24) is 4.72 Å². The van der Waals surface area contributed by atoms with Gasteiger partial charge in [0, 0.05) is 12.2 Å². The second-order valence-corrected chi connectivity index (χ2v) is 5.46. The Morgan fingerprint density at radius 2 is 2.12 bits per heavy atom. The van der Waals surface area contributed by atoms with Crippen LogP contribution in [0.4, 0.5) is 5.69 Å². The first-order chi connectivity index (χ1) is 7.33. The molecule has 0 heterocycles. The highest BCUT2D eigenvalue weighted by Gasteiger charge is 2.17. The van der Waals surface area contributed by atoms with Crippen molar-refractivity contribution in [2.24, 2.45) is 0 Å². The zero-order valence-electron chi connectivity index (χ0n) is 9.27. The standard InChI is InChI=1S/C10H16N2O3S/c1-7-3-4-9(11)5-10(7)16(14,15)12-6-8(2)13/h3-5,8,12-13H,6,11H2,1-2H3. The molecule has 0 aliphatic carbocycles. The number of sulfonamides is 1. The maximum absolute atomic E-state index is 11.8. The van der Waals surface area contributed by atoms with E-state index in [0.717, 1.165) is 0 Å². The Balaban J connectivity index is 3.02. The van der Waals surface area contributed by atoms with Crippen LogP contribution in [0.5, 0.6) is 0 Å². The summed E-state index contributed by atoms with van der Waals surface area (Å²) in [6.45, 7) is 3.18. The van der Waals surface area contributed by atoms with Gasteiger partial charge in [0.05, 0.1) is 11.0 Å². The summed E-state index contributed by atoms with van der Waals surface area (Å²) >= 11 is 0. The number of nitrogens with two attached hydrogens (primary N) is 1. The van der Waals surface area contributed by atoms with Crippen molar-refractivity contribution in [3.63, 3.8) is 0 Å². The van der Waals surface area contributed by atoms with E-state index in [1.54, 1.807) is 19.1 Å². The van der Waals surface area contributed by atoms with E-state index in [4.69, 9.17) is 10.8 Å². The van der Waals surface area contributed by atoms with Crippen molar-refractivity contribution in [2.45, 2.75) is 24.8 Å². The molecule has 0 fully saturated rings. The molecule has 0 bridgehead atoms. The molecule has 1 rings (SSSR count). The number of aliphatic hydroxyl groups is 1. The molecule has 0 aliphatic rings. The van der Waals surface area contributed by atoms with E-state index >= 15 is 0 Å². The van der Waals surface area contributed by atoms with Gasteiger partial charge in [-0.1, -0.05) is 6.07 Å². The van der Waals surface area contributed by atoms with Gasteiger partial charge < -0.3 is 10.8 Å². The van der Waals surface area contributed by atoms with Crippen LogP contribution in [0.3, 0.4) is 0 Å². The lowest BCUT2D eigenvalue weighted by Crippen LogP contribution is -2.31. The topological polar surface area (TPSA) is 92.4 Å². The second kappa shape index (κ2) is 4.82. The summed E-state index contributed by atoms with van der Waals surface area (Å²) < 4.78 is 26.0. The number of aliphatic hydroxyl groups excluding tert-OH is 1. The number of nitrogen functional groups attached to an aromatic ring is 1. The smallest absolute Gasteiger partial charge is 0.240 e. The van der Waals surface area contributed by atoms with E-state index in [-0.39, 0.29) is 11.4 Å². The molecule has 6 heteroatoms. The van der Waals surface area contributed by atoms with Gasteiger partial charge in [0.2, 0.25) is 10.0 Å². The van der Waals surface area contributed by atoms with Gasteiger partial charge in [-0.25, -0.2) is 13.1 Å². The maximum Gasteiger partial charge on any atom is 0.240 e. The Morgan fingerprint density at radius 1 is 1.50 bits per heavy atom. The summed E-state index contributed by atoms with van der Waals surface area (Å²) in [6, 6.07) is 4.69. The lowest BCUT2D eigenvalue weighted by atomic mass is 10.2. The van der Waals surface area contributed by atoms with Crippen LogP contribution in [0.2, 0.25) is 0 Å². The zero-order valence-corrected chi connectivity index (χ0v) is 10.1. The van der Waals surface area contributed by atoms with Crippen molar-refractivity contribution in [3.8, 4) is 0 Å². The summed E-state index contributed by atoms with van der Waals surface area (Å²) in [5, 5.41) is 9.03. The molecule has 16 heavy (non-hydrogen) atoms. The Kier molecular flexibility index (Phi) is 3.90. The molecule has 0 amide bonds. The number of hydrogen-bond acceptors (Lipinski definition) is 4. The molecule has 90 valence electrons. The monoisotopic (exact) mass is 244 g/mol. The van der Waals surface area contributed by atoms with Gasteiger partial charge in [-0.2, -0.15) is 0 Å². The minimum absolute atomic E-state index is 0.0173. The average molecular weight is 244 g/mol. The van der Waals surface area contributed by atoms with Gasteiger partial charge in [-0.05, 0) is 31.5 Å². The first-order valence-electron chi connectivity index (χ1n) is 4.87. The van der Waals surface area contributed by atoms with Gasteiger partial charge in [-0.15, -0.1) is 0 Å². The highest BCUT2D eigenvalue weighted by Crippen LogP contribution is 2.17. The van der Waals surface area contributed by atoms with Crippen LogP contribution in [0.25, 0.3) is 0 Å². The summed E-state index contributed by atoms with van der Waals surface area (Å²) in [7, 11) is -3.60. The van der Waals surface area contributed by atoms with E-state index in [9.17, 15) is 8.42 Å². The summed E-state index contributed by atoms with van der Waals surface area (Å²) in [5.41, 5.74) is 6.55. The third kappa shape index (κ3) is 3.19. The minimum atomic E-state index is -3.60. The lowest BCUT2D eigenvalue weighted by Gasteiger charge is -2.11. The number of rotatable bonds is 4. The molecule has 5 nitrogen and oxygen atoms in total. The molecule has 0 aliphatic heterocycles. The van der Waals surface area contributed by atoms with Crippen LogP contribution >= 0.6 is 0 Å². The fourth-order valence-electron chi connectivity index (χ4n) is 1.21. The van der Waals surface area contributed by atoms with Crippen molar-refractivity contribution in [3.05, 3.63) is 23.8 Å². The number of hydrogen-bond donors (Lipinski definition) is 3. The largest absolute Gasteiger partial charge is 0.399 e. The van der Waals surface area contributed by atoms with Gasteiger partial charge in [0.25, 0.3) is 0 Å². The fraction of sp³-hybridized carbons (Fsp3) is 0.400. The van der Waals surface area contributed by atoms with E-state index in [1.807, 2.05) is 0 Å². The van der Waals surface area contributed by atoms with Gasteiger partial charge in [-0.3, -0.25) is 0 Å². The highest BCUT2D eigenvalue weighted by molar-refractivity contribution is 7.89. The summed E-state index contributed by atoms with van der Waals surface area (Å²) in [5.74, 6) is 0. The third-order valence-corrected chi connectivity index (χ3v) is 3.64. The molecule has 1 aromatic carbocycles. The molecule has 1 unspecified atom stereocenters. The lowest BCUT2D eigenvalue weighted by molar-refractivity contribution is 0.198. The van der Waals surface area contributed by atoms with E-state index in [1.165, 1.54) is 13.0 Å². The number of anilines is 1. The molecule has 1 atom stereocenters. The maximum atomic E-state index is 11.8. The summed E-state index contributed by atoms with van der Waals surface area (Å²) in [4.78, 5) is 0.146. The third-order valence-electron chi connectivity index (χ3n) is 2.07. The van der Waals surface area contributed by atoms with Crippen LogP contribution < -0.4 is 10.5 Å². The van der Waals surface area contributed by atoms with Crippen LogP contribution in [0.1, 0.15) is 12.5 Å². The Morgan fingerprint density at radius 3 is 2.69 bits per heavy atom. The average Bonchev–Trinajstić information content (AvgIpc) is 2.19. The Hall–Kier alpha value is -1.11. The highest BCUT2D eigenvalue weighted by atomic mass is 32.2. The van der Waals surface area contributed by atoms with Crippen LogP contribution in [-0.2, 0) is 10.0 Å². The Labute approximate surface area is 95.3 Å². The van der Waals surface area contributed by atoms with Crippen LogP contribution in [0, 0.1) is 6.92 Å². The van der Waals surface area contributed by atoms with Crippen molar-refractivity contribution in [1.29, 1.82) is 0 Å². The van der Waals surface area contributed by atoms with E-state index in [2.05, 4.69) is 4.72 Å². The number of nitrogens with one attached hydrogen (secondary N) is 1. The van der Waals surface area contributed by atoms with E-state index < -0.39 is 16.1 Å². The van der Waals surface area contributed by atoms with Gasteiger partial charge in [0.15, 0.2) is 0 Å². The molecule has 4 N–H and O–H groups in total. The summed E-state index contributed by atoms with van der Waals surface area (Å²) in [6.07, 6.45) is -0.726. The normalized spacial score (nSPS) is 13.7. The Bertz CT molecular complexity index is 469. The first kappa shape index (κ1) is 13.0. The molecule has 0 saturated heterocycles. The van der Waals surface area contributed by atoms with Crippen molar-refractivity contribution < 1.29 is 13.5 Å². The molecular formula is C10H16N2O3S. The minimum Gasteiger partial charge on any atom is -0.399 e. The first-order valence-corrected chi connectivity index (χ1v) is 6.35. The zero-order chi connectivity index (χ0) is 12.3. The molecule has 0 aromatic heterocycles. The molecular weight excluding hydrogens is 228 g/mol. The fourth-order valence-corrected chi connectivity index (χ4v) is 2.61. The van der Waals surface area contributed by atoms with Gasteiger partial charge >= 0.3 is 0 Å². The van der Waals surface area contributed by atoms with Crippen LogP contribution in [0.15, 0.2) is 23.1 Å². The van der Waals surface area contributed by atoms with Crippen LogP contribution in [-0.4, -0.2) is 26.2 Å².